The summed E-state index contributed by atoms with van der Waals surface area (Å²) in [6, 6.07) is 0.776. The monoisotopic (exact) mass is 260 g/mol. The van der Waals surface area contributed by atoms with Gasteiger partial charge in [-0.15, -0.1) is 10.2 Å². The third-order valence-corrected chi connectivity index (χ3v) is 3.97. The van der Waals surface area contributed by atoms with E-state index in [9.17, 15) is 0 Å². The van der Waals surface area contributed by atoms with Crippen molar-refractivity contribution >= 4 is 0 Å². The summed E-state index contributed by atoms with van der Waals surface area (Å²) in [6.45, 7) is 6.38. The Morgan fingerprint density at radius 3 is 2.89 bits per heavy atom. The van der Waals surface area contributed by atoms with E-state index in [1.807, 2.05) is 17.8 Å². The van der Waals surface area contributed by atoms with Crippen LogP contribution < -0.4 is 0 Å². The molecule has 2 atom stereocenters. The summed E-state index contributed by atoms with van der Waals surface area (Å²) in [7, 11) is 2.00. The first-order valence-corrected chi connectivity index (χ1v) is 6.74. The zero-order chi connectivity index (χ0) is 13.4. The van der Waals surface area contributed by atoms with Crippen LogP contribution in [0.15, 0.2) is 18.7 Å². The zero-order valence-electron chi connectivity index (χ0n) is 11.7. The van der Waals surface area contributed by atoms with E-state index in [-0.39, 0.29) is 0 Å². The standard InChI is InChI=1S/C13H20N6/c1-10-6-15-19(7-10)12-4-5-18(8-12)11(2)13-16-14-9-17(13)3/h6-7,9,11-12H,4-5,8H2,1-3H3. The molecule has 102 valence electrons. The van der Waals surface area contributed by atoms with Gasteiger partial charge < -0.3 is 4.57 Å². The lowest BCUT2D eigenvalue weighted by atomic mass is 10.2. The summed E-state index contributed by atoms with van der Waals surface area (Å²) < 4.78 is 4.09. The van der Waals surface area contributed by atoms with Crippen LogP contribution in [0.5, 0.6) is 0 Å². The van der Waals surface area contributed by atoms with Crippen LogP contribution in [-0.4, -0.2) is 42.5 Å². The highest BCUT2D eigenvalue weighted by molar-refractivity contribution is 5.02. The van der Waals surface area contributed by atoms with Crippen molar-refractivity contribution in [2.75, 3.05) is 13.1 Å². The summed E-state index contributed by atoms with van der Waals surface area (Å²) in [4.78, 5) is 2.45. The van der Waals surface area contributed by atoms with E-state index in [1.54, 1.807) is 6.33 Å². The first-order chi connectivity index (χ1) is 9.15. The number of aromatic nitrogens is 5. The highest BCUT2D eigenvalue weighted by atomic mass is 15.3. The summed E-state index contributed by atoms with van der Waals surface area (Å²) in [5, 5.41) is 12.6. The fourth-order valence-corrected chi connectivity index (χ4v) is 2.80. The number of likely N-dealkylation sites (tertiary alicyclic amines) is 1. The molecule has 0 saturated carbocycles. The van der Waals surface area contributed by atoms with Gasteiger partial charge in [-0.05, 0) is 25.8 Å². The van der Waals surface area contributed by atoms with Crippen LogP contribution in [0, 0.1) is 6.92 Å². The Labute approximate surface area is 113 Å². The van der Waals surface area contributed by atoms with Crippen LogP contribution in [0.1, 0.15) is 36.8 Å². The molecule has 1 saturated heterocycles. The molecule has 2 aromatic heterocycles. The van der Waals surface area contributed by atoms with Crippen LogP contribution in [0.4, 0.5) is 0 Å². The Hall–Kier alpha value is -1.69. The molecule has 0 aromatic carbocycles. The largest absolute Gasteiger partial charge is 0.319 e. The van der Waals surface area contributed by atoms with Crippen molar-refractivity contribution in [3.8, 4) is 0 Å². The molecule has 6 nitrogen and oxygen atoms in total. The average molecular weight is 260 g/mol. The number of hydrogen-bond donors (Lipinski definition) is 0. The van der Waals surface area contributed by atoms with Crippen molar-refractivity contribution in [3.05, 3.63) is 30.1 Å². The summed E-state index contributed by atoms with van der Waals surface area (Å²) >= 11 is 0. The molecule has 6 heteroatoms. The van der Waals surface area contributed by atoms with Gasteiger partial charge in [-0.3, -0.25) is 9.58 Å². The number of nitrogens with zero attached hydrogens (tertiary/aromatic N) is 6. The van der Waals surface area contributed by atoms with Gasteiger partial charge in [0.2, 0.25) is 0 Å². The Balaban J connectivity index is 1.70. The van der Waals surface area contributed by atoms with Crippen LogP contribution in [0.25, 0.3) is 0 Å². The SMILES string of the molecule is Cc1cnn(C2CCN(C(C)c3nncn3C)C2)c1. The van der Waals surface area contributed by atoms with Crippen LogP contribution in [0.3, 0.4) is 0 Å². The predicted octanol–water partition coefficient (Wildman–Crippen LogP) is 1.33. The second-order valence-corrected chi connectivity index (χ2v) is 5.41. The minimum absolute atomic E-state index is 0.300. The van der Waals surface area contributed by atoms with E-state index >= 15 is 0 Å². The Morgan fingerprint density at radius 2 is 2.26 bits per heavy atom. The molecule has 0 spiro atoms. The van der Waals surface area contributed by atoms with Gasteiger partial charge in [0.25, 0.3) is 0 Å². The molecule has 1 aliphatic rings. The fourth-order valence-electron chi connectivity index (χ4n) is 2.80. The normalized spacial score (nSPS) is 21.9. The first kappa shape index (κ1) is 12.3. The molecule has 2 unspecified atom stereocenters. The van der Waals surface area contributed by atoms with Crippen LogP contribution in [0.2, 0.25) is 0 Å². The van der Waals surface area contributed by atoms with E-state index in [0.717, 1.165) is 25.3 Å². The van der Waals surface area contributed by atoms with E-state index < -0.39 is 0 Å². The number of rotatable bonds is 3. The first-order valence-electron chi connectivity index (χ1n) is 6.74. The number of aryl methyl sites for hydroxylation is 2. The molecular formula is C13H20N6. The molecule has 0 radical (unpaired) electrons. The molecule has 0 bridgehead atoms. The third-order valence-electron chi connectivity index (χ3n) is 3.97. The van der Waals surface area contributed by atoms with Gasteiger partial charge in [-0.25, -0.2) is 0 Å². The highest BCUT2D eigenvalue weighted by Gasteiger charge is 2.29. The van der Waals surface area contributed by atoms with Gasteiger partial charge in [-0.2, -0.15) is 5.10 Å². The van der Waals surface area contributed by atoms with Crippen molar-refractivity contribution in [2.45, 2.75) is 32.4 Å². The summed E-state index contributed by atoms with van der Waals surface area (Å²) in [6.07, 6.45) is 6.95. The van der Waals surface area contributed by atoms with Gasteiger partial charge in [0, 0.05) is 26.3 Å². The maximum absolute atomic E-state index is 4.43. The van der Waals surface area contributed by atoms with Gasteiger partial charge in [0.15, 0.2) is 0 Å². The third kappa shape index (κ3) is 2.28. The molecule has 3 rings (SSSR count). The summed E-state index contributed by atoms with van der Waals surface area (Å²) in [5.41, 5.74) is 1.22. The lowest BCUT2D eigenvalue weighted by Crippen LogP contribution is -2.27. The summed E-state index contributed by atoms with van der Waals surface area (Å²) in [5.74, 6) is 1.03. The molecule has 0 amide bonds. The van der Waals surface area contributed by atoms with Crippen molar-refractivity contribution in [1.29, 1.82) is 0 Å². The molecular weight excluding hydrogens is 240 g/mol. The van der Waals surface area contributed by atoms with E-state index in [0.29, 0.717) is 12.1 Å². The Kier molecular flexibility index (Phi) is 3.10. The lowest BCUT2D eigenvalue weighted by molar-refractivity contribution is 0.238. The van der Waals surface area contributed by atoms with Crippen LogP contribution >= 0.6 is 0 Å². The molecule has 0 aliphatic carbocycles. The topological polar surface area (TPSA) is 51.8 Å². The molecule has 2 aromatic rings. The second-order valence-electron chi connectivity index (χ2n) is 5.41. The molecule has 1 aliphatic heterocycles. The lowest BCUT2D eigenvalue weighted by Gasteiger charge is -2.23. The highest BCUT2D eigenvalue weighted by Crippen LogP contribution is 2.28. The molecule has 0 N–H and O–H groups in total. The molecule has 3 heterocycles. The van der Waals surface area contributed by atoms with Crippen molar-refractivity contribution < 1.29 is 0 Å². The second kappa shape index (κ2) is 4.77. The molecule has 1 fully saturated rings. The minimum Gasteiger partial charge on any atom is -0.319 e. The van der Waals surface area contributed by atoms with E-state index in [1.165, 1.54) is 5.56 Å². The predicted molar refractivity (Wildman–Crippen MR) is 71.6 cm³/mol. The Bertz CT molecular complexity index is 557. The van der Waals surface area contributed by atoms with Crippen molar-refractivity contribution in [3.63, 3.8) is 0 Å². The van der Waals surface area contributed by atoms with Gasteiger partial charge in [0.1, 0.15) is 12.2 Å². The van der Waals surface area contributed by atoms with Crippen molar-refractivity contribution in [1.82, 2.24) is 29.4 Å². The number of hydrogen-bond acceptors (Lipinski definition) is 4. The van der Waals surface area contributed by atoms with E-state index in [2.05, 4.69) is 44.9 Å². The minimum atomic E-state index is 0.300. The quantitative estimate of drug-likeness (QED) is 0.835. The van der Waals surface area contributed by atoms with E-state index in [4.69, 9.17) is 0 Å². The molecule has 19 heavy (non-hydrogen) atoms. The maximum atomic E-state index is 4.43. The van der Waals surface area contributed by atoms with Crippen LogP contribution in [-0.2, 0) is 7.05 Å². The zero-order valence-corrected chi connectivity index (χ0v) is 11.7. The average Bonchev–Trinajstić information content (AvgIpc) is 3.07. The van der Waals surface area contributed by atoms with Gasteiger partial charge >= 0.3 is 0 Å². The fraction of sp³-hybridized carbons (Fsp3) is 0.615. The Morgan fingerprint density at radius 1 is 1.42 bits per heavy atom. The van der Waals surface area contributed by atoms with Gasteiger partial charge in [-0.1, -0.05) is 0 Å². The van der Waals surface area contributed by atoms with Gasteiger partial charge in [0.05, 0.1) is 18.3 Å². The van der Waals surface area contributed by atoms with Crippen molar-refractivity contribution in [2.24, 2.45) is 7.05 Å². The smallest absolute Gasteiger partial charge is 0.149 e. The maximum Gasteiger partial charge on any atom is 0.149 e.